The molecule has 2 N–H and O–H groups in total. The number of carbonyl (C=O) groups excluding carboxylic acids is 2. The number of nitrogens with one attached hydrogen (secondary N) is 2. The molecule has 5 nitrogen and oxygen atoms in total. The maximum Gasteiger partial charge on any atom is 0.254 e. The number of carbonyl (C=O) groups is 2. The van der Waals surface area contributed by atoms with Crippen molar-refractivity contribution in [3.63, 3.8) is 0 Å². The Balaban J connectivity index is 2.13. The molecule has 6 heteroatoms. The van der Waals surface area contributed by atoms with E-state index in [2.05, 4.69) is 15.6 Å². The van der Waals surface area contributed by atoms with Crippen LogP contribution in [0.5, 0.6) is 0 Å². The molecular formula is C17H19N3O2S. The molecule has 1 atom stereocenters. The summed E-state index contributed by atoms with van der Waals surface area (Å²) in [5, 5.41) is 6.00. The van der Waals surface area contributed by atoms with Gasteiger partial charge in [-0.2, -0.15) is 0 Å². The molecule has 1 heterocycles. The van der Waals surface area contributed by atoms with Crippen molar-refractivity contribution in [1.82, 2.24) is 15.6 Å². The first-order valence-electron chi connectivity index (χ1n) is 7.38. The van der Waals surface area contributed by atoms with Crippen molar-refractivity contribution in [3.8, 4) is 0 Å². The third-order valence-corrected chi connectivity index (χ3v) is 4.09. The molecule has 0 saturated carbocycles. The minimum atomic E-state index is -0.600. The fraction of sp³-hybridized carbons (Fsp3) is 0.235. The van der Waals surface area contributed by atoms with E-state index in [4.69, 9.17) is 0 Å². The summed E-state index contributed by atoms with van der Waals surface area (Å²) in [5.41, 5.74) is 0.456. The van der Waals surface area contributed by atoms with E-state index in [-0.39, 0.29) is 11.8 Å². The maximum absolute atomic E-state index is 12.4. The third-order valence-electron chi connectivity index (χ3n) is 3.07. The Kier molecular flexibility index (Phi) is 6.17. The van der Waals surface area contributed by atoms with E-state index in [0.29, 0.717) is 17.1 Å². The quantitative estimate of drug-likeness (QED) is 0.854. The molecule has 2 amide bonds. The van der Waals surface area contributed by atoms with Crippen LogP contribution in [0, 0.1) is 0 Å². The van der Waals surface area contributed by atoms with E-state index in [1.54, 1.807) is 25.3 Å². The summed E-state index contributed by atoms with van der Waals surface area (Å²) in [7, 11) is 0. The molecule has 2 rings (SSSR count). The van der Waals surface area contributed by atoms with Crippen LogP contribution >= 0.6 is 11.8 Å². The van der Waals surface area contributed by atoms with E-state index < -0.39 is 6.04 Å². The van der Waals surface area contributed by atoms with Gasteiger partial charge < -0.3 is 10.6 Å². The number of aromatic nitrogens is 1. The molecule has 0 bridgehead atoms. The van der Waals surface area contributed by atoms with Gasteiger partial charge in [-0.1, -0.05) is 30.0 Å². The monoisotopic (exact) mass is 329 g/mol. The van der Waals surface area contributed by atoms with Crippen molar-refractivity contribution >= 4 is 23.6 Å². The topological polar surface area (TPSA) is 71.1 Å². The number of amides is 2. The number of benzene rings is 1. The standard InChI is InChI=1S/C17H19N3O2S/c1-3-18-15(21)12(2)20-16(22)14-10-7-11-19-17(14)23-13-8-5-4-6-9-13/h4-12H,3H2,1-2H3,(H,18,21)(H,20,22)/t12-/m0/s1. The van der Waals surface area contributed by atoms with Gasteiger partial charge in [0.2, 0.25) is 5.91 Å². The number of pyridine rings is 1. The zero-order chi connectivity index (χ0) is 16.7. The summed E-state index contributed by atoms with van der Waals surface area (Å²) in [6.07, 6.45) is 1.65. The molecule has 0 saturated heterocycles. The van der Waals surface area contributed by atoms with Gasteiger partial charge in [0.25, 0.3) is 5.91 Å². The van der Waals surface area contributed by atoms with Gasteiger partial charge in [0.15, 0.2) is 0 Å². The number of hydrogen-bond acceptors (Lipinski definition) is 4. The van der Waals surface area contributed by atoms with Crippen LogP contribution in [-0.4, -0.2) is 29.4 Å². The van der Waals surface area contributed by atoms with Crippen molar-refractivity contribution < 1.29 is 9.59 Å². The third kappa shape index (κ3) is 4.82. The predicted molar refractivity (Wildman–Crippen MR) is 90.4 cm³/mol. The summed E-state index contributed by atoms with van der Waals surface area (Å²) >= 11 is 1.42. The minimum Gasteiger partial charge on any atom is -0.355 e. The van der Waals surface area contributed by atoms with Crippen molar-refractivity contribution in [2.75, 3.05) is 6.54 Å². The summed E-state index contributed by atoms with van der Waals surface area (Å²) in [6, 6.07) is 12.5. The lowest BCUT2D eigenvalue weighted by Crippen LogP contribution is -2.44. The first-order valence-corrected chi connectivity index (χ1v) is 8.20. The lowest BCUT2D eigenvalue weighted by Gasteiger charge is -2.14. The van der Waals surface area contributed by atoms with Gasteiger partial charge in [-0.05, 0) is 38.1 Å². The summed E-state index contributed by atoms with van der Waals surface area (Å²) in [6.45, 7) is 4.02. The molecule has 0 fully saturated rings. The highest BCUT2D eigenvalue weighted by atomic mass is 32.2. The van der Waals surface area contributed by atoms with Crippen LogP contribution in [-0.2, 0) is 4.79 Å². The highest BCUT2D eigenvalue weighted by Gasteiger charge is 2.19. The molecular weight excluding hydrogens is 310 g/mol. The molecule has 1 aromatic carbocycles. The van der Waals surface area contributed by atoms with E-state index in [0.717, 1.165) is 4.90 Å². The molecule has 2 aromatic rings. The first kappa shape index (κ1) is 17.0. The molecule has 0 aliphatic carbocycles. The Morgan fingerprint density at radius 1 is 1.17 bits per heavy atom. The zero-order valence-electron chi connectivity index (χ0n) is 13.1. The average Bonchev–Trinajstić information content (AvgIpc) is 2.56. The fourth-order valence-electron chi connectivity index (χ4n) is 1.91. The normalized spacial score (nSPS) is 11.6. The van der Waals surface area contributed by atoms with Gasteiger partial charge in [-0.15, -0.1) is 0 Å². The van der Waals surface area contributed by atoms with Gasteiger partial charge in [0.1, 0.15) is 11.1 Å². The Morgan fingerprint density at radius 2 is 1.91 bits per heavy atom. The van der Waals surface area contributed by atoms with Gasteiger partial charge in [0.05, 0.1) is 5.56 Å². The lowest BCUT2D eigenvalue weighted by atomic mass is 10.2. The van der Waals surface area contributed by atoms with Crippen LogP contribution in [0.2, 0.25) is 0 Å². The lowest BCUT2D eigenvalue weighted by molar-refractivity contribution is -0.122. The van der Waals surface area contributed by atoms with Gasteiger partial charge in [-0.25, -0.2) is 4.98 Å². The number of nitrogens with zero attached hydrogens (tertiary/aromatic N) is 1. The second-order valence-electron chi connectivity index (χ2n) is 4.86. The SMILES string of the molecule is CCNC(=O)[C@H](C)NC(=O)c1cccnc1Sc1ccccc1. The minimum absolute atomic E-state index is 0.206. The molecule has 0 radical (unpaired) electrons. The van der Waals surface area contributed by atoms with Crippen LogP contribution in [0.3, 0.4) is 0 Å². The smallest absolute Gasteiger partial charge is 0.254 e. The molecule has 0 spiro atoms. The molecule has 0 aliphatic heterocycles. The Hall–Kier alpha value is -2.34. The Labute approximate surface area is 139 Å². The number of hydrogen-bond donors (Lipinski definition) is 2. The van der Waals surface area contributed by atoms with E-state index in [1.807, 2.05) is 37.3 Å². The maximum atomic E-state index is 12.4. The Morgan fingerprint density at radius 3 is 2.61 bits per heavy atom. The van der Waals surface area contributed by atoms with Crippen LogP contribution in [0.1, 0.15) is 24.2 Å². The van der Waals surface area contributed by atoms with Crippen LogP contribution < -0.4 is 10.6 Å². The summed E-state index contributed by atoms with van der Waals surface area (Å²) in [4.78, 5) is 29.5. The largest absolute Gasteiger partial charge is 0.355 e. The van der Waals surface area contributed by atoms with E-state index in [9.17, 15) is 9.59 Å². The van der Waals surface area contributed by atoms with Crippen molar-refractivity contribution in [2.24, 2.45) is 0 Å². The Bertz CT molecular complexity index is 677. The molecule has 1 aromatic heterocycles. The molecule has 0 unspecified atom stereocenters. The average molecular weight is 329 g/mol. The van der Waals surface area contributed by atoms with Crippen LogP contribution in [0.4, 0.5) is 0 Å². The van der Waals surface area contributed by atoms with Crippen molar-refractivity contribution in [3.05, 3.63) is 54.2 Å². The van der Waals surface area contributed by atoms with E-state index >= 15 is 0 Å². The first-order chi connectivity index (χ1) is 11.1. The molecule has 23 heavy (non-hydrogen) atoms. The van der Waals surface area contributed by atoms with Crippen LogP contribution in [0.15, 0.2) is 58.6 Å². The van der Waals surface area contributed by atoms with Crippen molar-refractivity contribution in [1.29, 1.82) is 0 Å². The number of rotatable bonds is 6. The molecule has 120 valence electrons. The van der Waals surface area contributed by atoms with Gasteiger partial charge >= 0.3 is 0 Å². The molecule has 0 aliphatic rings. The highest BCUT2D eigenvalue weighted by Crippen LogP contribution is 2.28. The van der Waals surface area contributed by atoms with E-state index in [1.165, 1.54) is 11.8 Å². The summed E-state index contributed by atoms with van der Waals surface area (Å²) in [5.74, 6) is -0.516. The predicted octanol–water partition coefficient (Wildman–Crippen LogP) is 2.49. The van der Waals surface area contributed by atoms with Crippen LogP contribution in [0.25, 0.3) is 0 Å². The second-order valence-corrected chi connectivity index (χ2v) is 5.92. The fourth-order valence-corrected chi connectivity index (χ4v) is 2.81. The second kappa shape index (κ2) is 8.33. The zero-order valence-corrected chi connectivity index (χ0v) is 13.9. The van der Waals surface area contributed by atoms with Crippen molar-refractivity contribution in [2.45, 2.75) is 29.8 Å². The van der Waals surface area contributed by atoms with Gasteiger partial charge in [-0.3, -0.25) is 9.59 Å². The highest BCUT2D eigenvalue weighted by molar-refractivity contribution is 7.99. The summed E-state index contributed by atoms with van der Waals surface area (Å²) < 4.78 is 0. The number of likely N-dealkylation sites (N-methyl/N-ethyl adjacent to an activating group) is 1. The van der Waals surface area contributed by atoms with Gasteiger partial charge in [0, 0.05) is 17.6 Å².